The van der Waals surface area contributed by atoms with Crippen molar-refractivity contribution in [2.45, 2.75) is 13.5 Å². The predicted molar refractivity (Wildman–Crippen MR) is 70.1 cm³/mol. The summed E-state index contributed by atoms with van der Waals surface area (Å²) in [5.74, 6) is 0. The van der Waals surface area contributed by atoms with Gasteiger partial charge in [0.1, 0.15) is 0 Å². The van der Waals surface area contributed by atoms with Crippen LogP contribution in [-0.4, -0.2) is 4.57 Å². The summed E-state index contributed by atoms with van der Waals surface area (Å²) in [6, 6.07) is 14.5. The van der Waals surface area contributed by atoms with Crippen molar-refractivity contribution >= 4 is 33.4 Å². The van der Waals surface area contributed by atoms with Crippen LogP contribution in [0.4, 0.5) is 0 Å². The molecule has 16 heavy (non-hydrogen) atoms. The van der Waals surface area contributed by atoms with Gasteiger partial charge in [-0.3, -0.25) is 0 Å². The number of para-hydroxylation sites is 1. The Bertz CT molecular complexity index is 667. The molecule has 0 aliphatic heterocycles. The number of hydrogen-bond donors (Lipinski definition) is 0. The molecule has 2 aromatic carbocycles. The van der Waals surface area contributed by atoms with Gasteiger partial charge >= 0.3 is 0 Å². The highest BCUT2D eigenvalue weighted by Gasteiger charge is 2.10. The molecule has 0 saturated carbocycles. The molecule has 0 spiro atoms. The molecule has 2 heteroatoms. The monoisotopic (exact) mass is 229 g/mol. The minimum atomic E-state index is 0.834. The minimum absolute atomic E-state index is 0.834. The van der Waals surface area contributed by atoms with Crippen LogP contribution in [0.3, 0.4) is 0 Å². The molecule has 0 unspecified atom stereocenters. The fourth-order valence-electron chi connectivity index (χ4n) is 2.40. The lowest BCUT2D eigenvalue weighted by Gasteiger charge is -2.02. The number of hydrogen-bond acceptors (Lipinski definition) is 0. The molecule has 1 aromatic heterocycles. The minimum Gasteiger partial charge on any atom is -0.341 e. The van der Waals surface area contributed by atoms with Crippen LogP contribution in [0.25, 0.3) is 21.8 Å². The lowest BCUT2D eigenvalue weighted by atomic mass is 10.1. The number of aryl methyl sites for hydroxylation is 1. The van der Waals surface area contributed by atoms with Gasteiger partial charge in [-0.2, -0.15) is 0 Å². The maximum absolute atomic E-state index is 6.29. The van der Waals surface area contributed by atoms with Gasteiger partial charge in [-0.15, -0.1) is 0 Å². The predicted octanol–water partition coefficient (Wildman–Crippen LogP) is 4.47. The molecule has 3 rings (SSSR count). The normalized spacial score (nSPS) is 11.4. The van der Waals surface area contributed by atoms with E-state index in [0.717, 1.165) is 11.6 Å². The standard InChI is InChI=1S/C14H12ClN/c1-2-16-12-8-4-3-6-10(12)14-11(15)7-5-9-13(14)16/h3-9H,2H2,1H3. The maximum atomic E-state index is 6.29. The van der Waals surface area contributed by atoms with Crippen molar-refractivity contribution in [3.63, 3.8) is 0 Å². The molecule has 3 aromatic rings. The van der Waals surface area contributed by atoms with Gasteiger partial charge in [-0.05, 0) is 25.1 Å². The van der Waals surface area contributed by atoms with Crippen molar-refractivity contribution in [1.29, 1.82) is 0 Å². The first-order chi connectivity index (χ1) is 7.83. The van der Waals surface area contributed by atoms with Crippen LogP contribution >= 0.6 is 11.6 Å². The van der Waals surface area contributed by atoms with E-state index in [1.165, 1.54) is 21.8 Å². The van der Waals surface area contributed by atoms with Gasteiger partial charge < -0.3 is 4.57 Å². The number of fused-ring (bicyclic) bond motifs is 3. The van der Waals surface area contributed by atoms with Crippen molar-refractivity contribution in [2.75, 3.05) is 0 Å². The van der Waals surface area contributed by atoms with E-state index >= 15 is 0 Å². The summed E-state index contributed by atoms with van der Waals surface area (Å²) in [5, 5.41) is 3.24. The fourth-order valence-corrected chi connectivity index (χ4v) is 2.67. The van der Waals surface area contributed by atoms with Crippen molar-refractivity contribution in [1.82, 2.24) is 4.57 Å². The maximum Gasteiger partial charge on any atom is 0.0506 e. The molecule has 0 radical (unpaired) electrons. The Labute approximate surface area is 99.2 Å². The summed E-state index contributed by atoms with van der Waals surface area (Å²) in [5.41, 5.74) is 2.48. The van der Waals surface area contributed by atoms with Crippen molar-refractivity contribution in [3.05, 3.63) is 47.5 Å². The Morgan fingerprint density at radius 2 is 1.75 bits per heavy atom. The van der Waals surface area contributed by atoms with Crippen molar-refractivity contribution in [2.24, 2.45) is 0 Å². The Morgan fingerprint density at radius 3 is 2.56 bits per heavy atom. The molecule has 80 valence electrons. The zero-order valence-electron chi connectivity index (χ0n) is 9.07. The molecule has 0 fully saturated rings. The molecule has 0 bridgehead atoms. The Morgan fingerprint density at radius 1 is 1.00 bits per heavy atom. The molecular formula is C14H12ClN. The first kappa shape index (κ1) is 9.73. The van der Waals surface area contributed by atoms with Crippen LogP contribution in [0.15, 0.2) is 42.5 Å². The van der Waals surface area contributed by atoms with Crippen LogP contribution < -0.4 is 0 Å². The lowest BCUT2D eigenvalue weighted by Crippen LogP contribution is -1.92. The Hall–Kier alpha value is -1.47. The van der Waals surface area contributed by atoms with E-state index in [-0.39, 0.29) is 0 Å². The highest BCUT2D eigenvalue weighted by molar-refractivity contribution is 6.38. The second-order valence-electron chi connectivity index (χ2n) is 3.90. The molecule has 0 saturated heterocycles. The van der Waals surface area contributed by atoms with Gasteiger partial charge in [0.25, 0.3) is 0 Å². The average Bonchev–Trinajstić information content (AvgIpc) is 2.64. The van der Waals surface area contributed by atoms with Gasteiger partial charge in [0.05, 0.1) is 10.5 Å². The largest absolute Gasteiger partial charge is 0.341 e. The summed E-state index contributed by atoms with van der Waals surface area (Å²) in [6.45, 7) is 3.12. The summed E-state index contributed by atoms with van der Waals surface area (Å²) in [7, 11) is 0. The molecule has 1 heterocycles. The van der Waals surface area contributed by atoms with Crippen LogP contribution in [-0.2, 0) is 6.54 Å². The van der Waals surface area contributed by atoms with Gasteiger partial charge in [-0.25, -0.2) is 0 Å². The third-order valence-electron chi connectivity index (χ3n) is 3.06. The highest BCUT2D eigenvalue weighted by atomic mass is 35.5. The number of halogens is 1. The van der Waals surface area contributed by atoms with Crippen LogP contribution in [0.1, 0.15) is 6.92 Å². The SMILES string of the molecule is CCn1c2ccccc2c2c(Cl)cccc21. The lowest BCUT2D eigenvalue weighted by molar-refractivity contribution is 0.827. The third kappa shape index (κ3) is 1.18. The van der Waals surface area contributed by atoms with Gasteiger partial charge in [-0.1, -0.05) is 35.9 Å². The van der Waals surface area contributed by atoms with E-state index in [2.05, 4.69) is 41.8 Å². The molecule has 0 amide bonds. The van der Waals surface area contributed by atoms with E-state index in [4.69, 9.17) is 11.6 Å². The second kappa shape index (κ2) is 3.53. The van der Waals surface area contributed by atoms with E-state index in [9.17, 15) is 0 Å². The molecule has 0 aliphatic carbocycles. The summed E-state index contributed by atoms with van der Waals surface area (Å²) >= 11 is 6.29. The molecular weight excluding hydrogens is 218 g/mol. The van der Waals surface area contributed by atoms with Crippen LogP contribution in [0.5, 0.6) is 0 Å². The van der Waals surface area contributed by atoms with E-state index in [1.54, 1.807) is 0 Å². The van der Waals surface area contributed by atoms with Crippen LogP contribution in [0, 0.1) is 0 Å². The number of nitrogens with zero attached hydrogens (tertiary/aromatic N) is 1. The van der Waals surface area contributed by atoms with Gasteiger partial charge in [0, 0.05) is 22.8 Å². The van der Waals surface area contributed by atoms with E-state index in [0.29, 0.717) is 0 Å². The zero-order chi connectivity index (χ0) is 11.1. The first-order valence-corrected chi connectivity index (χ1v) is 5.86. The third-order valence-corrected chi connectivity index (χ3v) is 3.38. The zero-order valence-corrected chi connectivity index (χ0v) is 9.83. The Kier molecular flexibility index (Phi) is 2.15. The average molecular weight is 230 g/mol. The van der Waals surface area contributed by atoms with Crippen molar-refractivity contribution in [3.8, 4) is 0 Å². The molecule has 0 aliphatic rings. The van der Waals surface area contributed by atoms with E-state index in [1.807, 2.05) is 12.1 Å². The Balaban J connectivity index is 2.64. The second-order valence-corrected chi connectivity index (χ2v) is 4.30. The summed E-state index contributed by atoms with van der Waals surface area (Å²) in [4.78, 5) is 0. The smallest absolute Gasteiger partial charge is 0.0506 e. The number of aromatic nitrogens is 1. The van der Waals surface area contributed by atoms with Gasteiger partial charge in [0.2, 0.25) is 0 Å². The quantitative estimate of drug-likeness (QED) is 0.580. The number of benzene rings is 2. The fraction of sp³-hybridized carbons (Fsp3) is 0.143. The molecule has 1 nitrogen and oxygen atoms in total. The first-order valence-electron chi connectivity index (χ1n) is 5.48. The summed E-state index contributed by atoms with van der Waals surface area (Å²) in [6.07, 6.45) is 0. The number of rotatable bonds is 1. The molecule has 0 atom stereocenters. The highest BCUT2D eigenvalue weighted by Crippen LogP contribution is 2.33. The van der Waals surface area contributed by atoms with Gasteiger partial charge in [0.15, 0.2) is 0 Å². The van der Waals surface area contributed by atoms with Crippen LogP contribution in [0.2, 0.25) is 5.02 Å². The van der Waals surface area contributed by atoms with E-state index < -0.39 is 0 Å². The summed E-state index contributed by atoms with van der Waals surface area (Å²) < 4.78 is 2.30. The van der Waals surface area contributed by atoms with Crippen molar-refractivity contribution < 1.29 is 0 Å². The topological polar surface area (TPSA) is 4.93 Å². The molecule has 0 N–H and O–H groups in total.